The predicted molar refractivity (Wildman–Crippen MR) is 76.2 cm³/mol. The van der Waals surface area contributed by atoms with E-state index in [1.165, 1.54) is 11.1 Å². The molecule has 0 amide bonds. The molecule has 0 saturated carbocycles. The highest BCUT2D eigenvalue weighted by Crippen LogP contribution is 2.45. The van der Waals surface area contributed by atoms with Crippen LogP contribution in [0.2, 0.25) is 5.02 Å². The Hall–Kier alpha value is -0.570. The van der Waals surface area contributed by atoms with Gasteiger partial charge in [0.2, 0.25) is 0 Å². The first kappa shape index (κ1) is 13.9. The molecular weight excluding hydrogens is 246 g/mol. The van der Waals surface area contributed by atoms with Crippen LogP contribution in [0.4, 0.5) is 0 Å². The molecule has 1 atom stereocenters. The molecule has 1 aliphatic carbocycles. The van der Waals surface area contributed by atoms with Gasteiger partial charge in [-0.15, -0.1) is 0 Å². The Kier molecular flexibility index (Phi) is 4.31. The van der Waals surface area contributed by atoms with Gasteiger partial charge in [0.15, 0.2) is 0 Å². The number of nitrogens with one attached hydrogen (secondary N) is 1. The summed E-state index contributed by atoms with van der Waals surface area (Å²) in [6.07, 6.45) is 2.15. The standard InChI is InChI=1S/C15H22ClNO/c1-15(2)10-11-5-6-12(16)9-13(11)14(15)17-7-4-8-18-3/h5-6,9,14,17H,4,7-8,10H2,1-3H3. The SMILES string of the molecule is COCCCNC1c2cc(Cl)ccc2CC1(C)C. The molecule has 18 heavy (non-hydrogen) atoms. The fourth-order valence-electron chi connectivity index (χ4n) is 2.86. The largest absolute Gasteiger partial charge is 0.385 e. The number of benzene rings is 1. The number of fused-ring (bicyclic) bond motifs is 1. The lowest BCUT2D eigenvalue weighted by atomic mass is 9.85. The second kappa shape index (κ2) is 5.60. The summed E-state index contributed by atoms with van der Waals surface area (Å²) < 4.78 is 5.09. The zero-order chi connectivity index (χ0) is 13.2. The average molecular weight is 268 g/mol. The Morgan fingerprint density at radius 2 is 2.22 bits per heavy atom. The van der Waals surface area contributed by atoms with Crippen LogP contribution in [-0.4, -0.2) is 20.3 Å². The van der Waals surface area contributed by atoms with Gasteiger partial charge in [0, 0.05) is 24.8 Å². The van der Waals surface area contributed by atoms with Crippen LogP contribution in [0.25, 0.3) is 0 Å². The summed E-state index contributed by atoms with van der Waals surface area (Å²) in [4.78, 5) is 0. The summed E-state index contributed by atoms with van der Waals surface area (Å²) in [5.41, 5.74) is 3.04. The summed E-state index contributed by atoms with van der Waals surface area (Å²) in [5.74, 6) is 0. The van der Waals surface area contributed by atoms with Crippen LogP contribution in [0.15, 0.2) is 18.2 Å². The van der Waals surface area contributed by atoms with Gasteiger partial charge in [0.05, 0.1) is 0 Å². The van der Waals surface area contributed by atoms with Gasteiger partial charge in [0.25, 0.3) is 0 Å². The Bertz CT molecular complexity index is 417. The molecule has 1 N–H and O–H groups in total. The van der Waals surface area contributed by atoms with Crippen molar-refractivity contribution in [2.45, 2.75) is 32.7 Å². The molecule has 0 bridgehead atoms. The van der Waals surface area contributed by atoms with E-state index in [1.807, 2.05) is 6.07 Å². The number of rotatable bonds is 5. The van der Waals surface area contributed by atoms with Crippen molar-refractivity contribution < 1.29 is 4.74 Å². The maximum absolute atomic E-state index is 6.12. The van der Waals surface area contributed by atoms with Gasteiger partial charge in [0.1, 0.15) is 0 Å². The van der Waals surface area contributed by atoms with Crippen molar-refractivity contribution in [3.63, 3.8) is 0 Å². The molecular formula is C15H22ClNO. The van der Waals surface area contributed by atoms with Gasteiger partial charge in [-0.2, -0.15) is 0 Å². The maximum atomic E-state index is 6.12. The summed E-state index contributed by atoms with van der Waals surface area (Å²) in [5, 5.41) is 4.48. The summed E-state index contributed by atoms with van der Waals surface area (Å²) in [6.45, 7) is 6.42. The molecule has 0 radical (unpaired) electrons. The van der Waals surface area contributed by atoms with Gasteiger partial charge >= 0.3 is 0 Å². The average Bonchev–Trinajstić information content (AvgIpc) is 2.55. The van der Waals surface area contributed by atoms with Gasteiger partial charge in [-0.1, -0.05) is 31.5 Å². The molecule has 1 unspecified atom stereocenters. The molecule has 0 saturated heterocycles. The minimum Gasteiger partial charge on any atom is -0.385 e. The molecule has 100 valence electrons. The molecule has 0 fully saturated rings. The first-order chi connectivity index (χ1) is 8.54. The Labute approximate surface area is 115 Å². The lowest BCUT2D eigenvalue weighted by Crippen LogP contribution is -2.32. The second-order valence-electron chi connectivity index (χ2n) is 5.74. The highest BCUT2D eigenvalue weighted by molar-refractivity contribution is 6.30. The van der Waals surface area contributed by atoms with Crippen molar-refractivity contribution in [1.82, 2.24) is 5.32 Å². The molecule has 2 nitrogen and oxygen atoms in total. The van der Waals surface area contributed by atoms with Gasteiger partial charge in [-0.05, 0) is 48.1 Å². The lowest BCUT2D eigenvalue weighted by molar-refractivity contribution is 0.188. The third-order valence-corrected chi connectivity index (χ3v) is 3.96. The Morgan fingerprint density at radius 3 is 2.94 bits per heavy atom. The first-order valence-electron chi connectivity index (χ1n) is 6.55. The molecule has 1 aromatic carbocycles. The summed E-state index contributed by atoms with van der Waals surface area (Å²) in [7, 11) is 1.74. The molecule has 1 aliphatic rings. The zero-order valence-electron chi connectivity index (χ0n) is 11.4. The molecule has 0 aromatic heterocycles. The number of halogens is 1. The van der Waals surface area contributed by atoms with E-state index in [2.05, 4.69) is 31.3 Å². The Balaban J connectivity index is 2.10. The smallest absolute Gasteiger partial charge is 0.0474 e. The number of methoxy groups -OCH3 is 1. The third kappa shape index (κ3) is 2.87. The van der Waals surface area contributed by atoms with Crippen molar-refractivity contribution in [2.24, 2.45) is 5.41 Å². The van der Waals surface area contributed by atoms with Crippen LogP contribution in [0, 0.1) is 5.41 Å². The molecule has 3 heteroatoms. The van der Waals surface area contributed by atoms with Crippen LogP contribution < -0.4 is 5.32 Å². The van der Waals surface area contributed by atoms with Crippen molar-refractivity contribution in [3.8, 4) is 0 Å². The monoisotopic (exact) mass is 267 g/mol. The maximum Gasteiger partial charge on any atom is 0.0474 e. The zero-order valence-corrected chi connectivity index (χ0v) is 12.2. The van der Waals surface area contributed by atoms with E-state index >= 15 is 0 Å². The van der Waals surface area contributed by atoms with E-state index in [9.17, 15) is 0 Å². The molecule has 0 aliphatic heterocycles. The van der Waals surface area contributed by atoms with Crippen molar-refractivity contribution >= 4 is 11.6 Å². The summed E-state index contributed by atoms with van der Waals surface area (Å²) in [6, 6.07) is 6.66. The van der Waals surface area contributed by atoms with E-state index in [0.717, 1.165) is 31.0 Å². The minimum absolute atomic E-state index is 0.250. The lowest BCUT2D eigenvalue weighted by Gasteiger charge is -2.28. The fraction of sp³-hybridized carbons (Fsp3) is 0.600. The molecule has 0 heterocycles. The molecule has 2 rings (SSSR count). The van der Waals surface area contributed by atoms with Crippen molar-refractivity contribution in [3.05, 3.63) is 34.3 Å². The van der Waals surface area contributed by atoms with E-state index < -0.39 is 0 Å². The summed E-state index contributed by atoms with van der Waals surface area (Å²) >= 11 is 6.12. The van der Waals surface area contributed by atoms with Gasteiger partial charge in [-0.3, -0.25) is 0 Å². The topological polar surface area (TPSA) is 21.3 Å². The van der Waals surface area contributed by atoms with Crippen LogP contribution in [0.5, 0.6) is 0 Å². The highest BCUT2D eigenvalue weighted by Gasteiger charge is 2.38. The fourth-order valence-corrected chi connectivity index (χ4v) is 3.04. The molecule has 0 spiro atoms. The van der Waals surface area contributed by atoms with Gasteiger partial charge in [-0.25, -0.2) is 0 Å². The van der Waals surface area contributed by atoms with Crippen LogP contribution >= 0.6 is 11.6 Å². The second-order valence-corrected chi connectivity index (χ2v) is 6.18. The normalized spacial score (nSPS) is 21.0. The van der Waals surface area contributed by atoms with Crippen LogP contribution in [-0.2, 0) is 11.2 Å². The van der Waals surface area contributed by atoms with Gasteiger partial charge < -0.3 is 10.1 Å². The highest BCUT2D eigenvalue weighted by atomic mass is 35.5. The molecule has 1 aromatic rings. The Morgan fingerprint density at radius 1 is 1.44 bits per heavy atom. The predicted octanol–water partition coefficient (Wildman–Crippen LogP) is 3.59. The van der Waals surface area contributed by atoms with Crippen molar-refractivity contribution in [2.75, 3.05) is 20.3 Å². The van der Waals surface area contributed by atoms with E-state index in [1.54, 1.807) is 7.11 Å². The van der Waals surface area contributed by atoms with Crippen molar-refractivity contribution in [1.29, 1.82) is 0 Å². The number of hydrogen-bond donors (Lipinski definition) is 1. The van der Waals surface area contributed by atoms with Crippen LogP contribution in [0.3, 0.4) is 0 Å². The van der Waals surface area contributed by atoms with E-state index in [0.29, 0.717) is 6.04 Å². The third-order valence-electron chi connectivity index (χ3n) is 3.72. The number of hydrogen-bond acceptors (Lipinski definition) is 2. The van der Waals surface area contributed by atoms with E-state index in [-0.39, 0.29) is 5.41 Å². The number of ether oxygens (including phenoxy) is 1. The minimum atomic E-state index is 0.250. The van der Waals surface area contributed by atoms with Crippen LogP contribution in [0.1, 0.15) is 37.4 Å². The quantitative estimate of drug-likeness (QED) is 0.824. The first-order valence-corrected chi connectivity index (χ1v) is 6.93. The van der Waals surface area contributed by atoms with E-state index in [4.69, 9.17) is 16.3 Å².